The van der Waals surface area contributed by atoms with E-state index in [1.165, 1.54) is 0 Å². The first kappa shape index (κ1) is 18.3. The predicted molar refractivity (Wildman–Crippen MR) is 73.1 cm³/mol. The molecule has 10 heteroatoms. The molecule has 0 aromatic heterocycles. The fourth-order valence-corrected chi connectivity index (χ4v) is 4.64. The monoisotopic (exact) mass is 331 g/mol. The third kappa shape index (κ3) is 4.61. The second-order valence-corrected chi connectivity index (χ2v) is 9.26. The number of piperidine rings is 1. The van der Waals surface area contributed by atoms with Crippen molar-refractivity contribution in [2.24, 2.45) is 0 Å². The molecule has 1 unspecified atom stereocenters. The minimum absolute atomic E-state index is 0.144. The lowest BCUT2D eigenvalue weighted by atomic mass is 9.99. The number of nitrogens with one attached hydrogen (secondary N) is 1. The van der Waals surface area contributed by atoms with E-state index in [0.29, 0.717) is 12.5 Å². The number of aliphatic hydroxyl groups is 1. The topological polar surface area (TPSA) is 147 Å². The molecule has 1 aliphatic heterocycles. The first-order valence-corrected chi connectivity index (χ1v) is 9.87. The molecule has 1 fully saturated rings. The van der Waals surface area contributed by atoms with Crippen LogP contribution in [0.25, 0.3) is 0 Å². The van der Waals surface area contributed by atoms with Crippen molar-refractivity contribution in [1.29, 1.82) is 0 Å². The number of hydrogen-bond donors (Lipinski definition) is 6. The van der Waals surface area contributed by atoms with Crippen molar-refractivity contribution < 1.29 is 33.8 Å². The summed E-state index contributed by atoms with van der Waals surface area (Å²) in [5.41, 5.74) is 0. The van der Waals surface area contributed by atoms with Crippen LogP contribution in [0.2, 0.25) is 0 Å². The number of unbranched alkanes of at least 4 members (excludes halogenated alkanes) is 1. The molecule has 0 saturated carbocycles. The van der Waals surface area contributed by atoms with E-state index in [4.69, 9.17) is 19.6 Å². The Balaban J connectivity index is 2.48. The van der Waals surface area contributed by atoms with Gasteiger partial charge in [-0.1, -0.05) is 12.8 Å². The lowest BCUT2D eigenvalue weighted by Crippen LogP contribution is -2.34. The molecular weight excluding hydrogens is 308 g/mol. The minimum Gasteiger partial charge on any atom is -0.368 e. The van der Waals surface area contributed by atoms with Gasteiger partial charge in [-0.15, -0.1) is 0 Å². The standard InChI is InChI=1S/C10H23NO7P2/c12-10(19(13,14)15,20(16,17)18)7-3-1-5-9-6-2-4-8-11-9/h9,11-12H,1-8H2,(H2,13,14,15)(H2,16,17,18). The Hall–Kier alpha value is 0.220. The van der Waals surface area contributed by atoms with Crippen molar-refractivity contribution in [1.82, 2.24) is 5.32 Å². The summed E-state index contributed by atoms with van der Waals surface area (Å²) in [6.45, 7) is 0.944. The van der Waals surface area contributed by atoms with Gasteiger partial charge in [0.15, 0.2) is 0 Å². The highest BCUT2D eigenvalue weighted by Gasteiger charge is 2.58. The number of hydrogen-bond acceptors (Lipinski definition) is 4. The summed E-state index contributed by atoms with van der Waals surface area (Å²) < 4.78 is 22.3. The van der Waals surface area contributed by atoms with Gasteiger partial charge in [0.1, 0.15) is 0 Å². The molecule has 0 aromatic carbocycles. The first-order chi connectivity index (χ1) is 9.08. The minimum atomic E-state index is -5.30. The van der Waals surface area contributed by atoms with E-state index in [0.717, 1.165) is 32.2 Å². The van der Waals surface area contributed by atoms with Gasteiger partial charge in [-0.3, -0.25) is 9.13 Å². The summed E-state index contributed by atoms with van der Waals surface area (Å²) in [6.07, 6.45) is 4.12. The summed E-state index contributed by atoms with van der Waals surface area (Å²) in [7, 11) is -10.6. The molecule has 1 rings (SSSR count). The second-order valence-electron chi connectivity index (χ2n) is 5.26. The van der Waals surface area contributed by atoms with Gasteiger partial charge in [0, 0.05) is 6.04 Å². The van der Waals surface area contributed by atoms with Gasteiger partial charge in [-0.25, -0.2) is 0 Å². The lowest BCUT2D eigenvalue weighted by Gasteiger charge is -2.29. The summed E-state index contributed by atoms with van der Waals surface area (Å²) in [5.74, 6) is 0. The molecule has 0 radical (unpaired) electrons. The van der Waals surface area contributed by atoms with E-state index in [1.807, 2.05) is 0 Å². The van der Waals surface area contributed by atoms with Gasteiger partial charge in [0.2, 0.25) is 0 Å². The summed E-state index contributed by atoms with van der Waals surface area (Å²) >= 11 is 0. The second kappa shape index (κ2) is 6.99. The van der Waals surface area contributed by atoms with Crippen LogP contribution in [0.5, 0.6) is 0 Å². The summed E-state index contributed by atoms with van der Waals surface area (Å²) in [5, 5.41) is 9.72. The average molecular weight is 331 g/mol. The molecule has 0 spiro atoms. The van der Waals surface area contributed by atoms with E-state index in [9.17, 15) is 14.2 Å². The molecule has 20 heavy (non-hydrogen) atoms. The normalized spacial score (nSPS) is 21.9. The Morgan fingerprint density at radius 3 is 2.10 bits per heavy atom. The van der Waals surface area contributed by atoms with Crippen LogP contribution >= 0.6 is 15.2 Å². The lowest BCUT2D eigenvalue weighted by molar-refractivity contribution is 0.120. The first-order valence-electron chi connectivity index (χ1n) is 6.65. The highest BCUT2D eigenvalue weighted by Crippen LogP contribution is 2.69. The van der Waals surface area contributed by atoms with Crippen LogP contribution in [0.4, 0.5) is 0 Å². The highest BCUT2D eigenvalue weighted by atomic mass is 31.2. The van der Waals surface area contributed by atoms with Gasteiger partial charge in [0.05, 0.1) is 0 Å². The average Bonchev–Trinajstić information content (AvgIpc) is 2.33. The van der Waals surface area contributed by atoms with Gasteiger partial charge < -0.3 is 30.0 Å². The van der Waals surface area contributed by atoms with Crippen LogP contribution in [-0.4, -0.2) is 42.3 Å². The zero-order valence-electron chi connectivity index (χ0n) is 11.2. The Morgan fingerprint density at radius 2 is 1.65 bits per heavy atom. The van der Waals surface area contributed by atoms with Gasteiger partial charge in [0.25, 0.3) is 5.08 Å². The van der Waals surface area contributed by atoms with Crippen molar-refractivity contribution in [2.75, 3.05) is 6.54 Å². The Morgan fingerprint density at radius 1 is 1.05 bits per heavy atom. The van der Waals surface area contributed by atoms with Crippen LogP contribution in [0.3, 0.4) is 0 Å². The molecule has 0 bridgehead atoms. The van der Waals surface area contributed by atoms with E-state index in [-0.39, 0.29) is 6.42 Å². The Labute approximate surface area is 117 Å². The van der Waals surface area contributed by atoms with Crippen LogP contribution in [0.15, 0.2) is 0 Å². The van der Waals surface area contributed by atoms with Crippen molar-refractivity contribution in [3.63, 3.8) is 0 Å². The van der Waals surface area contributed by atoms with Crippen molar-refractivity contribution in [2.45, 2.75) is 56.1 Å². The van der Waals surface area contributed by atoms with Crippen molar-refractivity contribution >= 4 is 15.2 Å². The molecule has 0 aliphatic carbocycles. The predicted octanol–water partition coefficient (Wildman–Crippen LogP) is 0.690. The maximum atomic E-state index is 11.1. The van der Waals surface area contributed by atoms with Crippen LogP contribution in [0, 0.1) is 0 Å². The van der Waals surface area contributed by atoms with Crippen molar-refractivity contribution in [3.8, 4) is 0 Å². The van der Waals surface area contributed by atoms with Gasteiger partial charge in [-0.2, -0.15) is 0 Å². The third-order valence-corrected chi connectivity index (χ3v) is 7.54. The molecule has 1 aliphatic rings. The Bertz CT molecular complexity index is 376. The molecule has 120 valence electrons. The zero-order valence-corrected chi connectivity index (χ0v) is 13.0. The van der Waals surface area contributed by atoms with Crippen LogP contribution in [-0.2, 0) is 9.13 Å². The highest BCUT2D eigenvalue weighted by molar-refractivity contribution is 7.72. The van der Waals surface area contributed by atoms with E-state index < -0.39 is 26.7 Å². The van der Waals surface area contributed by atoms with Gasteiger partial charge in [-0.05, 0) is 38.6 Å². The molecular formula is C10H23NO7P2. The fraction of sp³-hybridized carbons (Fsp3) is 1.00. The summed E-state index contributed by atoms with van der Waals surface area (Å²) in [6, 6.07) is 0.335. The van der Waals surface area contributed by atoms with E-state index in [2.05, 4.69) is 5.32 Å². The van der Waals surface area contributed by atoms with Crippen molar-refractivity contribution in [3.05, 3.63) is 0 Å². The van der Waals surface area contributed by atoms with E-state index >= 15 is 0 Å². The smallest absolute Gasteiger partial charge is 0.368 e. The molecule has 1 atom stereocenters. The zero-order chi connectivity index (χ0) is 15.4. The number of rotatable bonds is 7. The molecule has 1 heterocycles. The third-order valence-electron chi connectivity index (χ3n) is 3.66. The molecule has 8 nitrogen and oxygen atoms in total. The molecule has 1 saturated heterocycles. The SMILES string of the molecule is O=P(O)(O)C(O)(CCCCC1CCCCN1)P(=O)(O)O. The fourth-order valence-electron chi connectivity index (χ4n) is 2.38. The van der Waals surface area contributed by atoms with E-state index in [1.54, 1.807) is 0 Å². The maximum Gasteiger partial charge on any atom is 0.369 e. The molecule has 0 aromatic rings. The quantitative estimate of drug-likeness (QED) is 0.295. The molecule has 0 amide bonds. The molecule has 6 N–H and O–H groups in total. The maximum absolute atomic E-state index is 11.1. The Kier molecular flexibility index (Phi) is 6.38. The summed E-state index contributed by atoms with van der Waals surface area (Å²) in [4.78, 5) is 35.9. The van der Waals surface area contributed by atoms with Gasteiger partial charge >= 0.3 is 15.2 Å². The van der Waals surface area contributed by atoms with Crippen LogP contribution < -0.4 is 5.32 Å². The van der Waals surface area contributed by atoms with Crippen LogP contribution in [0.1, 0.15) is 44.9 Å². The largest absolute Gasteiger partial charge is 0.369 e.